The number of halogens is 6. The fourth-order valence-electron chi connectivity index (χ4n) is 1.66. The van der Waals surface area contributed by atoms with Gasteiger partial charge in [-0.1, -0.05) is 0 Å². The zero-order valence-electron chi connectivity index (χ0n) is 18.7. The Hall–Kier alpha value is -2.48. The van der Waals surface area contributed by atoms with Crippen molar-refractivity contribution in [3.63, 3.8) is 0 Å². The number of rotatable bonds is 6. The fraction of sp³-hybridized carbons (Fsp3) is 0.250. The summed E-state index contributed by atoms with van der Waals surface area (Å²) in [6.07, 6.45) is 4.57. The summed E-state index contributed by atoms with van der Waals surface area (Å²) >= 11 is 0. The quantitative estimate of drug-likeness (QED) is 0.103. The second-order valence-corrected chi connectivity index (χ2v) is 8.81. The monoisotopic (exact) mass is 790 g/mol. The SMILES string of the molecule is CN([N-]N(C)c1cc(C=O)ccn1)c1cc(C=O)ccn1.O=S(=O)([O-])C(F)(F)F.O=S(=O)([O-])C(F)(F)F.[Pb]. The molecule has 0 amide bonds. The molecule has 0 bridgehead atoms. The molecule has 212 valence electrons. The van der Waals surface area contributed by atoms with Crippen LogP contribution in [0.4, 0.5) is 38.0 Å². The fourth-order valence-corrected chi connectivity index (χ4v) is 1.66. The molecule has 0 aromatic carbocycles. The van der Waals surface area contributed by atoms with Crippen molar-refractivity contribution in [3.8, 4) is 0 Å². The Morgan fingerprint density at radius 1 is 0.763 bits per heavy atom. The molecule has 13 nitrogen and oxygen atoms in total. The van der Waals surface area contributed by atoms with Crippen LogP contribution < -0.4 is 10.0 Å². The van der Waals surface area contributed by atoms with Gasteiger partial charge in [-0.15, -0.1) is 0 Å². The van der Waals surface area contributed by atoms with Crippen LogP contribution in [0.15, 0.2) is 36.7 Å². The summed E-state index contributed by atoms with van der Waals surface area (Å²) in [4.78, 5) is 29.8. The van der Waals surface area contributed by atoms with Crippen LogP contribution in [0, 0.1) is 0 Å². The van der Waals surface area contributed by atoms with Crippen molar-refractivity contribution in [2.75, 3.05) is 24.1 Å². The molecule has 4 radical (unpaired) electrons. The predicted octanol–water partition coefficient (Wildman–Crippen LogP) is 1.60. The number of alkyl halides is 6. The van der Waals surface area contributed by atoms with Crippen LogP contribution in [0.3, 0.4) is 0 Å². The maximum absolute atomic E-state index is 10.8. The number of hydrogen-bond donors (Lipinski definition) is 0. The molecule has 0 atom stereocenters. The van der Waals surface area contributed by atoms with Crippen molar-refractivity contribution in [2.45, 2.75) is 11.0 Å². The van der Waals surface area contributed by atoms with Gasteiger partial charge in [0.05, 0.1) is 0 Å². The molecular formula is C16H14F6N5O8PbS2-3. The van der Waals surface area contributed by atoms with Crippen molar-refractivity contribution in [1.29, 1.82) is 0 Å². The van der Waals surface area contributed by atoms with E-state index in [1.807, 2.05) is 0 Å². The number of nitrogens with zero attached hydrogens (tertiary/aromatic N) is 5. The first-order chi connectivity index (χ1) is 16.6. The van der Waals surface area contributed by atoms with E-state index in [2.05, 4.69) is 15.5 Å². The number of aromatic nitrogens is 2. The zero-order chi connectivity index (χ0) is 29.2. The van der Waals surface area contributed by atoms with E-state index in [0.29, 0.717) is 22.8 Å². The molecular weight excluding hydrogens is 776 g/mol. The van der Waals surface area contributed by atoms with Crippen molar-refractivity contribution in [2.24, 2.45) is 0 Å². The Balaban J connectivity index is 0. The minimum atomic E-state index is -6.09. The van der Waals surface area contributed by atoms with Gasteiger partial charge >= 0.3 is 11.0 Å². The topological polar surface area (TPSA) is 195 Å². The van der Waals surface area contributed by atoms with E-state index in [9.17, 15) is 35.9 Å². The minimum Gasteiger partial charge on any atom is -0.741 e. The minimum absolute atomic E-state index is 0. The third-order valence-corrected chi connectivity index (χ3v) is 4.44. The Morgan fingerprint density at radius 3 is 1.24 bits per heavy atom. The van der Waals surface area contributed by atoms with E-state index in [-0.39, 0.29) is 27.3 Å². The summed E-state index contributed by atoms with van der Waals surface area (Å²) in [5, 5.41) is 3.03. The first kappa shape index (κ1) is 37.7. The van der Waals surface area contributed by atoms with E-state index in [0.717, 1.165) is 12.6 Å². The van der Waals surface area contributed by atoms with E-state index >= 15 is 0 Å². The van der Waals surface area contributed by atoms with Gasteiger partial charge in [0.2, 0.25) is 0 Å². The number of anilines is 2. The number of carbonyl (C=O) groups is 2. The molecule has 0 saturated heterocycles. The van der Waals surface area contributed by atoms with Crippen LogP contribution in [0.1, 0.15) is 20.7 Å². The third kappa shape index (κ3) is 13.4. The molecule has 2 heterocycles. The second-order valence-electron chi connectivity index (χ2n) is 6.07. The summed E-state index contributed by atoms with van der Waals surface area (Å²) in [6, 6.07) is 6.48. The molecule has 2 aromatic rings. The molecule has 0 N–H and O–H groups in total. The maximum atomic E-state index is 10.8. The van der Waals surface area contributed by atoms with Crippen LogP contribution in [0.2, 0.25) is 0 Å². The van der Waals surface area contributed by atoms with Gasteiger partial charge in [-0.2, -0.15) is 26.3 Å². The zero-order valence-corrected chi connectivity index (χ0v) is 24.2. The molecule has 2 rings (SSSR count). The van der Waals surface area contributed by atoms with Gasteiger partial charge in [0, 0.05) is 50.8 Å². The van der Waals surface area contributed by atoms with E-state index in [4.69, 9.17) is 25.9 Å². The van der Waals surface area contributed by atoms with Crippen LogP contribution in [0.25, 0.3) is 5.53 Å². The molecule has 0 aliphatic rings. The van der Waals surface area contributed by atoms with E-state index in [1.54, 1.807) is 38.4 Å². The average molecular weight is 790 g/mol. The summed E-state index contributed by atoms with van der Waals surface area (Å²) < 4.78 is 118. The summed E-state index contributed by atoms with van der Waals surface area (Å²) in [7, 11) is -8.77. The average Bonchev–Trinajstić information content (AvgIpc) is 2.77. The largest absolute Gasteiger partial charge is 0.741 e. The number of pyridine rings is 2. The van der Waals surface area contributed by atoms with Crippen molar-refractivity contribution >= 4 is 71.7 Å². The Morgan fingerprint density at radius 2 is 1.03 bits per heavy atom. The maximum Gasteiger partial charge on any atom is 0.485 e. The molecule has 0 saturated carbocycles. The van der Waals surface area contributed by atoms with Crippen LogP contribution in [-0.2, 0) is 20.2 Å². The van der Waals surface area contributed by atoms with Gasteiger partial charge in [0.1, 0.15) is 24.2 Å². The van der Waals surface area contributed by atoms with Crippen molar-refractivity contribution < 1.29 is 61.9 Å². The van der Waals surface area contributed by atoms with Crippen LogP contribution in [0.5, 0.6) is 0 Å². The van der Waals surface area contributed by atoms with Gasteiger partial charge < -0.3 is 24.7 Å². The Kier molecular flexibility index (Phi) is 15.1. The molecule has 0 aliphatic heterocycles. The summed E-state index contributed by atoms with van der Waals surface area (Å²) in [5.74, 6) is 1.05. The van der Waals surface area contributed by atoms with E-state index < -0.39 is 31.3 Å². The van der Waals surface area contributed by atoms with Crippen molar-refractivity contribution in [3.05, 3.63) is 53.3 Å². The van der Waals surface area contributed by atoms with Gasteiger partial charge in [-0.3, -0.25) is 9.59 Å². The molecule has 0 fully saturated rings. The smallest absolute Gasteiger partial charge is 0.485 e. The Labute approximate surface area is 231 Å². The molecule has 0 aliphatic carbocycles. The normalized spacial score (nSPS) is 11.4. The summed E-state index contributed by atoms with van der Waals surface area (Å²) in [5.41, 5.74) is -5.98. The number of hydrogen-bond acceptors (Lipinski definition) is 12. The molecule has 0 unspecified atom stereocenters. The first-order valence-corrected chi connectivity index (χ1v) is 11.5. The molecule has 38 heavy (non-hydrogen) atoms. The molecule has 0 spiro atoms. The third-order valence-electron chi connectivity index (χ3n) is 3.31. The van der Waals surface area contributed by atoms with E-state index in [1.165, 1.54) is 22.4 Å². The Bertz CT molecular complexity index is 1180. The van der Waals surface area contributed by atoms with Gasteiger partial charge in [-0.25, -0.2) is 26.8 Å². The van der Waals surface area contributed by atoms with Crippen LogP contribution >= 0.6 is 0 Å². The van der Waals surface area contributed by atoms with Gasteiger partial charge in [0.15, 0.2) is 20.2 Å². The van der Waals surface area contributed by atoms with Crippen LogP contribution in [-0.4, -0.2) is 101 Å². The second kappa shape index (κ2) is 15.2. The number of carbonyl (C=O) groups excluding carboxylic acids is 2. The number of aldehydes is 2. The summed E-state index contributed by atoms with van der Waals surface area (Å²) in [6.45, 7) is 0. The molecule has 22 heteroatoms. The first-order valence-electron chi connectivity index (χ1n) is 8.69. The van der Waals surface area contributed by atoms with Gasteiger partial charge in [0.25, 0.3) is 0 Å². The standard InChI is InChI=1S/C14H14N5O2.2CHF3O3S.Pb/c1-18(13-7-11(9-20)3-5-15-13)17-19(2)14-8-12(10-21)4-6-16-14;2*2-1(3,4)8(5,6)7;/h3-10H,1-2H3;2*(H,5,6,7);/q-1;;;/p-2. The van der Waals surface area contributed by atoms with Gasteiger partial charge in [-0.05, 0) is 38.4 Å². The van der Waals surface area contributed by atoms with Crippen molar-refractivity contribution in [1.82, 2.24) is 9.97 Å². The molecule has 2 aromatic heterocycles. The predicted molar refractivity (Wildman–Crippen MR) is 117 cm³/mol.